The van der Waals surface area contributed by atoms with Gasteiger partial charge in [0, 0.05) is 18.1 Å². The van der Waals surface area contributed by atoms with E-state index < -0.39 is 0 Å². The molecule has 1 aliphatic carbocycles. The largest absolute Gasteiger partial charge is 0.347 e. The molecule has 1 heterocycles. The standard InChI is InChI=1S/C15H21N.C10H20.CH4/c1-8-9(2)11(4)15-14(10(8)3)12(5)13(6)16(15)7;1-6-7(2)9(4)10(5)8(6)3;/h1-7H3;6-10H,1-5H3;1H4. The van der Waals surface area contributed by atoms with Gasteiger partial charge in [0.25, 0.3) is 0 Å². The van der Waals surface area contributed by atoms with Crippen molar-refractivity contribution in [1.82, 2.24) is 4.57 Å². The maximum atomic E-state index is 2.40. The minimum absolute atomic E-state index is 0. The molecule has 0 radical (unpaired) electrons. The molecule has 3 rings (SSSR count). The molecule has 27 heavy (non-hydrogen) atoms. The van der Waals surface area contributed by atoms with E-state index in [0.717, 1.165) is 29.6 Å². The van der Waals surface area contributed by atoms with Crippen LogP contribution >= 0.6 is 0 Å². The van der Waals surface area contributed by atoms with Crippen LogP contribution in [0.4, 0.5) is 0 Å². The molecule has 0 saturated heterocycles. The highest BCUT2D eigenvalue weighted by atomic mass is 14.9. The molecule has 0 aliphatic heterocycles. The van der Waals surface area contributed by atoms with Crippen LogP contribution in [0.25, 0.3) is 10.9 Å². The summed E-state index contributed by atoms with van der Waals surface area (Å²) in [6, 6.07) is 0. The minimum atomic E-state index is 0. The molecule has 1 aromatic carbocycles. The van der Waals surface area contributed by atoms with E-state index >= 15 is 0 Å². The Morgan fingerprint density at radius 1 is 0.519 bits per heavy atom. The molecule has 1 aromatic heterocycles. The van der Waals surface area contributed by atoms with Gasteiger partial charge in [0.1, 0.15) is 0 Å². The fourth-order valence-corrected chi connectivity index (χ4v) is 5.17. The summed E-state index contributed by atoms with van der Waals surface area (Å²) >= 11 is 0. The van der Waals surface area contributed by atoms with Crippen LogP contribution in [0.5, 0.6) is 0 Å². The van der Waals surface area contributed by atoms with Gasteiger partial charge in [0.05, 0.1) is 5.52 Å². The molecule has 1 saturated carbocycles. The fourth-order valence-electron chi connectivity index (χ4n) is 5.17. The molecule has 1 nitrogen and oxygen atoms in total. The van der Waals surface area contributed by atoms with Crippen molar-refractivity contribution in [2.24, 2.45) is 36.6 Å². The van der Waals surface area contributed by atoms with E-state index in [-0.39, 0.29) is 7.43 Å². The van der Waals surface area contributed by atoms with Crippen LogP contribution in [-0.2, 0) is 7.05 Å². The van der Waals surface area contributed by atoms with Crippen LogP contribution in [-0.4, -0.2) is 4.57 Å². The lowest BCUT2D eigenvalue weighted by Crippen LogP contribution is -2.07. The Bertz CT molecular complexity index is 712. The Morgan fingerprint density at radius 3 is 1.22 bits per heavy atom. The summed E-state index contributed by atoms with van der Waals surface area (Å²) in [5.74, 6) is 4.68. The highest BCUT2D eigenvalue weighted by Gasteiger charge is 2.38. The molecular weight excluding hydrogens is 326 g/mol. The van der Waals surface area contributed by atoms with E-state index in [1.165, 1.54) is 44.4 Å². The lowest BCUT2D eigenvalue weighted by Gasteiger charge is -2.14. The molecule has 0 atom stereocenters. The van der Waals surface area contributed by atoms with Crippen LogP contribution in [0, 0.1) is 71.1 Å². The summed E-state index contributed by atoms with van der Waals surface area (Å²) in [5.41, 5.74) is 9.98. The maximum Gasteiger partial charge on any atom is 0.0517 e. The molecule has 1 fully saturated rings. The van der Waals surface area contributed by atoms with Crippen molar-refractivity contribution >= 4 is 10.9 Å². The number of hydrogen-bond acceptors (Lipinski definition) is 0. The maximum absolute atomic E-state index is 2.40. The first kappa shape index (κ1) is 23.8. The van der Waals surface area contributed by atoms with Gasteiger partial charge in [-0.2, -0.15) is 0 Å². The topological polar surface area (TPSA) is 4.93 Å². The molecule has 154 valence electrons. The molecule has 0 N–H and O–H groups in total. The van der Waals surface area contributed by atoms with Gasteiger partial charge >= 0.3 is 0 Å². The summed E-state index contributed by atoms with van der Waals surface area (Å²) in [6.07, 6.45) is 0. The Kier molecular flexibility index (Phi) is 7.42. The van der Waals surface area contributed by atoms with Gasteiger partial charge in [-0.25, -0.2) is 0 Å². The van der Waals surface area contributed by atoms with E-state index in [2.05, 4.69) is 87.8 Å². The number of benzene rings is 1. The lowest BCUT2D eigenvalue weighted by molar-refractivity contribution is 0.352. The van der Waals surface area contributed by atoms with E-state index in [4.69, 9.17) is 0 Å². The third-order valence-electron chi connectivity index (χ3n) is 8.56. The van der Waals surface area contributed by atoms with Crippen molar-refractivity contribution in [1.29, 1.82) is 0 Å². The molecule has 0 amide bonds. The Balaban J connectivity index is 0.000000288. The predicted molar refractivity (Wildman–Crippen MR) is 124 cm³/mol. The second-order valence-electron chi connectivity index (χ2n) is 9.29. The number of aryl methyl sites for hydroxylation is 4. The van der Waals surface area contributed by atoms with Crippen LogP contribution in [0.2, 0.25) is 0 Å². The summed E-state index contributed by atoms with van der Waals surface area (Å²) in [6.45, 7) is 25.4. The van der Waals surface area contributed by atoms with Crippen LogP contribution in [0.15, 0.2) is 0 Å². The lowest BCUT2D eigenvalue weighted by atomic mass is 9.92. The van der Waals surface area contributed by atoms with Gasteiger partial charge in [-0.05, 0) is 98.9 Å². The zero-order chi connectivity index (χ0) is 20.1. The highest BCUT2D eigenvalue weighted by Crippen LogP contribution is 2.44. The van der Waals surface area contributed by atoms with Crippen molar-refractivity contribution in [3.8, 4) is 0 Å². The smallest absolute Gasteiger partial charge is 0.0517 e. The molecule has 0 unspecified atom stereocenters. The minimum Gasteiger partial charge on any atom is -0.347 e. The number of nitrogens with zero attached hydrogens (tertiary/aromatic N) is 1. The first-order valence-corrected chi connectivity index (χ1v) is 10.4. The highest BCUT2D eigenvalue weighted by molar-refractivity contribution is 5.92. The summed E-state index contributed by atoms with van der Waals surface area (Å²) in [5, 5.41) is 1.46. The third-order valence-corrected chi connectivity index (χ3v) is 8.56. The molecule has 1 heteroatoms. The quantitative estimate of drug-likeness (QED) is 0.444. The predicted octanol–water partition coefficient (Wildman–Crippen LogP) is 7.85. The molecule has 1 aliphatic rings. The monoisotopic (exact) mass is 371 g/mol. The molecule has 2 aromatic rings. The van der Waals surface area contributed by atoms with Gasteiger partial charge in [-0.1, -0.05) is 42.0 Å². The van der Waals surface area contributed by atoms with Crippen LogP contribution < -0.4 is 0 Å². The fraction of sp³-hybridized carbons (Fsp3) is 0.692. The Hall–Kier alpha value is -1.24. The average molecular weight is 372 g/mol. The number of hydrogen-bond donors (Lipinski definition) is 0. The SMILES string of the molecule is C.CC1C(C)C(C)C(C)C1C.Cc1c(C)c(C)c2c(c1C)c(C)c(C)n2C. The Morgan fingerprint density at radius 2 is 0.852 bits per heavy atom. The van der Waals surface area contributed by atoms with Gasteiger partial charge in [-0.3, -0.25) is 0 Å². The molecular formula is C26H45N. The number of fused-ring (bicyclic) bond motifs is 1. The average Bonchev–Trinajstić information content (AvgIpc) is 2.94. The summed E-state index contributed by atoms with van der Waals surface area (Å²) in [4.78, 5) is 0. The van der Waals surface area contributed by atoms with Gasteiger partial charge < -0.3 is 4.57 Å². The van der Waals surface area contributed by atoms with Crippen molar-refractivity contribution in [3.05, 3.63) is 33.5 Å². The second kappa shape index (κ2) is 8.41. The van der Waals surface area contributed by atoms with Gasteiger partial charge in [-0.15, -0.1) is 0 Å². The van der Waals surface area contributed by atoms with Crippen LogP contribution in [0.1, 0.15) is 75.6 Å². The van der Waals surface area contributed by atoms with Crippen molar-refractivity contribution < 1.29 is 0 Å². The van der Waals surface area contributed by atoms with Crippen molar-refractivity contribution in [2.75, 3.05) is 0 Å². The summed E-state index contributed by atoms with van der Waals surface area (Å²) < 4.78 is 2.33. The zero-order valence-electron chi connectivity index (χ0n) is 19.3. The van der Waals surface area contributed by atoms with Gasteiger partial charge in [0.2, 0.25) is 0 Å². The van der Waals surface area contributed by atoms with Gasteiger partial charge in [0.15, 0.2) is 0 Å². The third kappa shape index (κ3) is 3.71. The van der Waals surface area contributed by atoms with E-state index in [9.17, 15) is 0 Å². The van der Waals surface area contributed by atoms with Crippen LogP contribution in [0.3, 0.4) is 0 Å². The number of rotatable bonds is 0. The zero-order valence-corrected chi connectivity index (χ0v) is 19.3. The summed E-state index contributed by atoms with van der Waals surface area (Å²) in [7, 11) is 2.17. The van der Waals surface area contributed by atoms with E-state index in [0.29, 0.717) is 0 Å². The van der Waals surface area contributed by atoms with Crippen molar-refractivity contribution in [2.45, 2.75) is 83.6 Å². The second-order valence-corrected chi connectivity index (χ2v) is 9.29. The molecule has 0 spiro atoms. The first-order chi connectivity index (χ1) is 11.9. The Labute approximate surface area is 169 Å². The van der Waals surface area contributed by atoms with E-state index in [1.807, 2.05) is 0 Å². The number of aromatic nitrogens is 1. The van der Waals surface area contributed by atoms with E-state index in [1.54, 1.807) is 0 Å². The molecule has 0 bridgehead atoms. The first-order valence-electron chi connectivity index (χ1n) is 10.4. The van der Waals surface area contributed by atoms with Crippen molar-refractivity contribution in [3.63, 3.8) is 0 Å². The normalized spacial score (nSPS) is 27.3.